The normalized spacial score (nSPS) is 18.5. The summed E-state index contributed by atoms with van der Waals surface area (Å²) < 4.78 is 5.59. The monoisotopic (exact) mass is 478 g/mol. The molecule has 3 aromatic rings. The van der Waals surface area contributed by atoms with Crippen molar-refractivity contribution in [3.63, 3.8) is 0 Å². The standard InChI is InChI=1S/C28H31ClN2O3/c1-28(2,3)26-15-19(10-11-31-26)20-14-21(17-30-16-20)24-9-4-18(12-25(24)29)13-27(33)34-23-7-5-22(32)6-8-23/h4,9-12,14-17,22-23,32H,5-8,13H2,1-3H3. The van der Waals surface area contributed by atoms with Gasteiger partial charge in [-0.05, 0) is 61.1 Å². The highest BCUT2D eigenvalue weighted by atomic mass is 35.5. The first-order valence-corrected chi connectivity index (χ1v) is 12.1. The van der Waals surface area contributed by atoms with Gasteiger partial charge in [-0.2, -0.15) is 0 Å². The highest BCUT2D eigenvalue weighted by Gasteiger charge is 2.22. The van der Waals surface area contributed by atoms with Crippen molar-refractivity contribution in [2.75, 3.05) is 0 Å². The molecule has 5 nitrogen and oxygen atoms in total. The first kappa shape index (κ1) is 24.4. The van der Waals surface area contributed by atoms with E-state index in [9.17, 15) is 9.90 Å². The van der Waals surface area contributed by atoms with Crippen molar-refractivity contribution in [1.82, 2.24) is 9.97 Å². The predicted molar refractivity (Wildman–Crippen MR) is 135 cm³/mol. The lowest BCUT2D eigenvalue weighted by Gasteiger charge is -2.25. The minimum atomic E-state index is -0.270. The van der Waals surface area contributed by atoms with Gasteiger partial charge in [-0.1, -0.05) is 44.5 Å². The van der Waals surface area contributed by atoms with Gasteiger partial charge in [0.2, 0.25) is 0 Å². The van der Waals surface area contributed by atoms with E-state index < -0.39 is 0 Å². The molecule has 1 aliphatic rings. The van der Waals surface area contributed by atoms with Crippen molar-refractivity contribution in [3.8, 4) is 22.3 Å². The van der Waals surface area contributed by atoms with E-state index in [4.69, 9.17) is 16.3 Å². The topological polar surface area (TPSA) is 72.3 Å². The van der Waals surface area contributed by atoms with Gasteiger partial charge in [-0.25, -0.2) is 0 Å². The number of aliphatic hydroxyl groups is 1. The summed E-state index contributed by atoms with van der Waals surface area (Å²) in [6.07, 6.45) is 8.05. The molecule has 178 valence electrons. The summed E-state index contributed by atoms with van der Waals surface area (Å²) in [6, 6.07) is 11.8. The maximum atomic E-state index is 12.4. The number of hydrogen-bond donors (Lipinski definition) is 1. The quantitative estimate of drug-likeness (QED) is 0.445. The van der Waals surface area contributed by atoms with Crippen LogP contribution in [0.25, 0.3) is 22.3 Å². The van der Waals surface area contributed by atoms with Gasteiger partial charge in [-0.3, -0.25) is 14.8 Å². The fourth-order valence-electron chi connectivity index (χ4n) is 4.23. The van der Waals surface area contributed by atoms with Crippen molar-refractivity contribution in [2.24, 2.45) is 0 Å². The molecule has 2 heterocycles. The summed E-state index contributed by atoms with van der Waals surface area (Å²) in [6.45, 7) is 6.43. The molecule has 1 aromatic carbocycles. The number of hydrogen-bond acceptors (Lipinski definition) is 5. The molecular formula is C28H31ClN2O3. The third-order valence-corrected chi connectivity index (χ3v) is 6.55. The van der Waals surface area contributed by atoms with Crippen LogP contribution in [-0.4, -0.2) is 33.3 Å². The van der Waals surface area contributed by atoms with Crippen LogP contribution in [0.15, 0.2) is 55.0 Å². The summed E-state index contributed by atoms with van der Waals surface area (Å²) in [5, 5.41) is 10.2. The maximum absolute atomic E-state index is 12.4. The summed E-state index contributed by atoms with van der Waals surface area (Å²) in [5.74, 6) is -0.263. The lowest BCUT2D eigenvalue weighted by molar-refractivity contribution is -0.150. The van der Waals surface area contributed by atoms with Crippen LogP contribution in [0.4, 0.5) is 0 Å². The average Bonchev–Trinajstić information content (AvgIpc) is 2.80. The molecule has 1 aliphatic carbocycles. The van der Waals surface area contributed by atoms with Gasteiger partial charge in [0.15, 0.2) is 0 Å². The molecule has 0 aliphatic heterocycles. The summed E-state index contributed by atoms with van der Waals surface area (Å²) in [5.41, 5.74) is 5.61. The van der Waals surface area contributed by atoms with Crippen LogP contribution >= 0.6 is 11.6 Å². The van der Waals surface area contributed by atoms with E-state index in [1.165, 1.54) is 0 Å². The average molecular weight is 479 g/mol. The van der Waals surface area contributed by atoms with Crippen LogP contribution in [0, 0.1) is 0 Å². The Hall–Kier alpha value is -2.76. The zero-order valence-electron chi connectivity index (χ0n) is 19.9. The van der Waals surface area contributed by atoms with Crippen LogP contribution in [0.2, 0.25) is 5.02 Å². The van der Waals surface area contributed by atoms with Crippen molar-refractivity contribution in [3.05, 3.63) is 71.3 Å². The molecule has 0 saturated heterocycles. The molecule has 4 rings (SSSR count). The number of ether oxygens (including phenoxy) is 1. The highest BCUT2D eigenvalue weighted by molar-refractivity contribution is 6.33. The second-order valence-corrected chi connectivity index (χ2v) is 10.5. The van der Waals surface area contributed by atoms with E-state index in [-0.39, 0.29) is 30.0 Å². The Morgan fingerprint density at radius 3 is 2.47 bits per heavy atom. The summed E-state index contributed by atoms with van der Waals surface area (Å²) >= 11 is 6.62. The van der Waals surface area contributed by atoms with E-state index in [0.717, 1.165) is 33.5 Å². The van der Waals surface area contributed by atoms with Crippen molar-refractivity contribution >= 4 is 17.6 Å². The van der Waals surface area contributed by atoms with Gasteiger partial charge in [-0.15, -0.1) is 0 Å². The molecule has 1 fully saturated rings. The van der Waals surface area contributed by atoms with Crippen LogP contribution < -0.4 is 0 Å². The first-order chi connectivity index (χ1) is 16.2. The Morgan fingerprint density at radius 2 is 1.76 bits per heavy atom. The molecule has 0 amide bonds. The summed E-state index contributed by atoms with van der Waals surface area (Å²) in [4.78, 5) is 21.3. The Kier molecular flexibility index (Phi) is 7.34. The van der Waals surface area contributed by atoms with Crippen LogP contribution in [0.5, 0.6) is 0 Å². The highest BCUT2D eigenvalue weighted by Crippen LogP contribution is 2.32. The van der Waals surface area contributed by atoms with E-state index in [0.29, 0.717) is 30.7 Å². The zero-order valence-corrected chi connectivity index (χ0v) is 20.7. The molecule has 0 unspecified atom stereocenters. The number of carbonyl (C=O) groups is 1. The number of aliphatic hydroxyl groups excluding tert-OH is 1. The molecular weight excluding hydrogens is 448 g/mol. The van der Waals surface area contributed by atoms with Gasteiger partial charge in [0.1, 0.15) is 6.10 Å². The molecule has 1 saturated carbocycles. The number of esters is 1. The molecule has 0 bridgehead atoms. The second kappa shape index (κ2) is 10.2. The number of pyridine rings is 2. The fourth-order valence-corrected chi connectivity index (χ4v) is 4.54. The van der Waals surface area contributed by atoms with Crippen LogP contribution in [0.3, 0.4) is 0 Å². The first-order valence-electron chi connectivity index (χ1n) is 11.8. The van der Waals surface area contributed by atoms with E-state index in [1.807, 2.05) is 36.7 Å². The molecule has 2 aromatic heterocycles. The van der Waals surface area contributed by atoms with Gasteiger partial charge in [0.05, 0.1) is 12.5 Å². The molecule has 34 heavy (non-hydrogen) atoms. The summed E-state index contributed by atoms with van der Waals surface area (Å²) in [7, 11) is 0. The van der Waals surface area contributed by atoms with Gasteiger partial charge in [0.25, 0.3) is 0 Å². The molecule has 1 N–H and O–H groups in total. The predicted octanol–water partition coefficient (Wildman–Crippen LogP) is 6.15. The third-order valence-electron chi connectivity index (χ3n) is 6.23. The fraction of sp³-hybridized carbons (Fsp3) is 0.393. The Morgan fingerprint density at radius 1 is 1.03 bits per heavy atom. The smallest absolute Gasteiger partial charge is 0.310 e. The van der Waals surface area contributed by atoms with Gasteiger partial charge >= 0.3 is 5.97 Å². The lowest BCUT2D eigenvalue weighted by Crippen LogP contribution is -2.27. The number of nitrogens with zero attached hydrogens (tertiary/aromatic N) is 2. The SMILES string of the molecule is CC(C)(C)c1cc(-c2cncc(-c3ccc(CC(=O)OC4CCC(O)CC4)cc3Cl)c2)ccn1. The maximum Gasteiger partial charge on any atom is 0.310 e. The Bertz CT molecular complexity index is 1160. The largest absolute Gasteiger partial charge is 0.462 e. The van der Waals surface area contributed by atoms with E-state index in [1.54, 1.807) is 6.20 Å². The number of benzene rings is 1. The molecule has 6 heteroatoms. The Labute approximate surface area is 206 Å². The van der Waals surface area contributed by atoms with E-state index >= 15 is 0 Å². The minimum absolute atomic E-state index is 0.0421. The van der Waals surface area contributed by atoms with Gasteiger partial charge in [0, 0.05) is 51.4 Å². The molecule has 0 radical (unpaired) electrons. The third kappa shape index (κ3) is 6.02. The Balaban J connectivity index is 1.49. The van der Waals surface area contributed by atoms with Crippen molar-refractivity contribution in [2.45, 2.75) is 70.5 Å². The van der Waals surface area contributed by atoms with Gasteiger partial charge < -0.3 is 9.84 Å². The zero-order chi connectivity index (χ0) is 24.3. The van der Waals surface area contributed by atoms with E-state index in [2.05, 4.69) is 42.9 Å². The number of rotatable bonds is 5. The number of halogens is 1. The van der Waals surface area contributed by atoms with Crippen LogP contribution in [-0.2, 0) is 21.4 Å². The minimum Gasteiger partial charge on any atom is -0.462 e. The molecule has 0 spiro atoms. The lowest BCUT2D eigenvalue weighted by atomic mass is 9.90. The second-order valence-electron chi connectivity index (χ2n) is 10.1. The van der Waals surface area contributed by atoms with Crippen LogP contribution in [0.1, 0.15) is 57.7 Å². The number of carbonyl (C=O) groups excluding carboxylic acids is 1. The number of aromatic nitrogens is 2. The molecule has 0 atom stereocenters. The van der Waals surface area contributed by atoms with Crippen molar-refractivity contribution in [1.29, 1.82) is 0 Å². The van der Waals surface area contributed by atoms with Crippen molar-refractivity contribution < 1.29 is 14.6 Å².